The van der Waals surface area contributed by atoms with Crippen molar-refractivity contribution >= 4 is 39.0 Å². The Morgan fingerprint density at radius 3 is 2.76 bits per heavy atom. The number of carbonyl (C=O) groups is 1. The summed E-state index contributed by atoms with van der Waals surface area (Å²) in [7, 11) is 0. The van der Waals surface area contributed by atoms with Gasteiger partial charge in [0.15, 0.2) is 11.6 Å². The Hall–Kier alpha value is -3.53. The maximum Gasteiger partial charge on any atom is 0.251 e. The number of hydrogen-bond donors (Lipinski definition) is 2. The summed E-state index contributed by atoms with van der Waals surface area (Å²) in [4.78, 5) is 24.1. The molecule has 0 aliphatic carbocycles. The molecule has 0 saturated carbocycles. The lowest BCUT2D eigenvalue weighted by molar-refractivity contribution is 0.0358. The Kier molecular flexibility index (Phi) is 8.25. The second-order valence-electron chi connectivity index (χ2n) is 8.78. The van der Waals surface area contributed by atoms with Crippen LogP contribution in [0.2, 0.25) is 0 Å². The normalized spacial score (nSPS) is 14.0. The van der Waals surface area contributed by atoms with Gasteiger partial charge in [-0.2, -0.15) is 0 Å². The lowest BCUT2D eigenvalue weighted by Crippen LogP contribution is -2.37. The van der Waals surface area contributed by atoms with Gasteiger partial charge in [-0.1, -0.05) is 12.1 Å². The summed E-state index contributed by atoms with van der Waals surface area (Å²) in [6.45, 7) is 7.79. The van der Waals surface area contributed by atoms with Gasteiger partial charge in [0.05, 0.1) is 30.0 Å². The fraction of sp³-hybridized carbons (Fsp3) is 0.321. The number of anilines is 2. The topological polar surface area (TPSA) is 88.6 Å². The summed E-state index contributed by atoms with van der Waals surface area (Å²) >= 11 is 1.59. The minimum absolute atomic E-state index is 0.0813. The number of hydrogen-bond acceptors (Lipinski definition) is 8. The van der Waals surface area contributed by atoms with Crippen molar-refractivity contribution in [2.45, 2.75) is 13.3 Å². The third kappa shape index (κ3) is 6.43. The van der Waals surface area contributed by atoms with Crippen molar-refractivity contribution in [3.63, 3.8) is 0 Å². The van der Waals surface area contributed by atoms with Crippen LogP contribution in [0.5, 0.6) is 5.75 Å². The fourth-order valence-corrected chi connectivity index (χ4v) is 4.99. The smallest absolute Gasteiger partial charge is 0.251 e. The maximum atomic E-state index is 12.1. The van der Waals surface area contributed by atoms with Crippen LogP contribution in [0.1, 0.15) is 23.7 Å². The van der Waals surface area contributed by atoms with Crippen LogP contribution in [0.4, 0.5) is 11.5 Å². The van der Waals surface area contributed by atoms with E-state index in [2.05, 4.69) is 15.5 Å². The van der Waals surface area contributed by atoms with Crippen molar-refractivity contribution in [3.05, 3.63) is 65.5 Å². The molecule has 1 amide bonds. The van der Waals surface area contributed by atoms with Crippen molar-refractivity contribution < 1.29 is 14.3 Å². The molecule has 0 unspecified atom stereocenters. The first-order chi connectivity index (χ1) is 18.2. The van der Waals surface area contributed by atoms with Gasteiger partial charge in [-0.3, -0.25) is 9.69 Å². The van der Waals surface area contributed by atoms with Gasteiger partial charge in [0, 0.05) is 43.0 Å². The average Bonchev–Trinajstić information content (AvgIpc) is 3.42. The molecule has 1 fully saturated rings. The molecule has 0 radical (unpaired) electrons. The molecule has 0 atom stereocenters. The van der Waals surface area contributed by atoms with E-state index in [0.29, 0.717) is 24.5 Å². The van der Waals surface area contributed by atoms with Crippen molar-refractivity contribution in [1.29, 1.82) is 0 Å². The highest BCUT2D eigenvalue weighted by Crippen LogP contribution is 2.32. The standard InChI is InChI=1S/C28H31N5O3S/c1-2-29-28(34)20-7-9-22(10-8-20)30-27-25-24(11-18-37-25)31-26(32-27)21-5-3-6-23(19-21)36-15-4-12-33-13-16-35-17-14-33/h3,5-11,18-19H,2,4,12-17H2,1H3,(H,29,34)(H,30,31,32). The van der Waals surface area contributed by atoms with Gasteiger partial charge in [-0.25, -0.2) is 9.97 Å². The highest BCUT2D eigenvalue weighted by Gasteiger charge is 2.13. The van der Waals surface area contributed by atoms with Crippen molar-refractivity contribution in [2.75, 3.05) is 51.3 Å². The van der Waals surface area contributed by atoms with Crippen LogP contribution in [-0.2, 0) is 4.74 Å². The molecular weight excluding hydrogens is 486 g/mol. The molecule has 37 heavy (non-hydrogen) atoms. The van der Waals surface area contributed by atoms with Gasteiger partial charge in [-0.05, 0) is 61.2 Å². The van der Waals surface area contributed by atoms with Crippen LogP contribution in [0.25, 0.3) is 21.6 Å². The summed E-state index contributed by atoms with van der Waals surface area (Å²) in [5.41, 5.74) is 3.25. The van der Waals surface area contributed by atoms with E-state index >= 15 is 0 Å². The molecule has 192 valence electrons. The minimum atomic E-state index is -0.0813. The number of thiophene rings is 1. The zero-order valence-electron chi connectivity index (χ0n) is 20.9. The van der Waals surface area contributed by atoms with Gasteiger partial charge in [-0.15, -0.1) is 11.3 Å². The number of rotatable bonds is 10. The molecule has 3 heterocycles. The Morgan fingerprint density at radius 2 is 1.95 bits per heavy atom. The monoisotopic (exact) mass is 517 g/mol. The number of fused-ring (bicyclic) bond motifs is 1. The molecule has 9 heteroatoms. The van der Waals surface area contributed by atoms with E-state index in [1.165, 1.54) is 0 Å². The van der Waals surface area contributed by atoms with Crippen molar-refractivity contribution in [3.8, 4) is 17.1 Å². The van der Waals surface area contributed by atoms with Crippen LogP contribution >= 0.6 is 11.3 Å². The minimum Gasteiger partial charge on any atom is -0.494 e. The van der Waals surface area contributed by atoms with E-state index in [0.717, 1.165) is 72.3 Å². The second-order valence-corrected chi connectivity index (χ2v) is 9.69. The van der Waals surface area contributed by atoms with Gasteiger partial charge in [0.1, 0.15) is 5.75 Å². The number of benzene rings is 2. The number of morpholine rings is 1. The van der Waals surface area contributed by atoms with Gasteiger partial charge in [0.25, 0.3) is 5.91 Å². The maximum absolute atomic E-state index is 12.1. The molecule has 0 bridgehead atoms. The number of amides is 1. The van der Waals surface area contributed by atoms with E-state index < -0.39 is 0 Å². The first kappa shape index (κ1) is 25.1. The Balaban J connectivity index is 1.29. The van der Waals surface area contributed by atoms with Crippen LogP contribution in [0.15, 0.2) is 60.0 Å². The summed E-state index contributed by atoms with van der Waals surface area (Å²) < 4.78 is 12.4. The third-order valence-corrected chi connectivity index (χ3v) is 7.04. The van der Waals surface area contributed by atoms with Gasteiger partial charge in [0.2, 0.25) is 0 Å². The predicted octanol–water partition coefficient (Wildman–Crippen LogP) is 4.95. The highest BCUT2D eigenvalue weighted by molar-refractivity contribution is 7.17. The van der Waals surface area contributed by atoms with E-state index in [1.807, 2.05) is 54.8 Å². The first-order valence-corrected chi connectivity index (χ1v) is 13.5. The Labute approximate surface area is 220 Å². The predicted molar refractivity (Wildman–Crippen MR) is 148 cm³/mol. The van der Waals surface area contributed by atoms with Crippen LogP contribution < -0.4 is 15.4 Å². The molecule has 2 aromatic heterocycles. The van der Waals surface area contributed by atoms with Crippen molar-refractivity contribution in [1.82, 2.24) is 20.2 Å². The van der Waals surface area contributed by atoms with Crippen LogP contribution in [0, 0.1) is 0 Å². The fourth-order valence-electron chi connectivity index (χ4n) is 4.21. The second kappa shape index (κ2) is 12.1. The van der Waals surface area contributed by atoms with Crippen LogP contribution in [-0.4, -0.2) is 66.8 Å². The molecule has 0 spiro atoms. The SMILES string of the molecule is CCNC(=O)c1ccc(Nc2nc(-c3cccc(OCCCN4CCOCC4)c3)nc3ccsc23)cc1. The molecule has 2 aromatic carbocycles. The largest absolute Gasteiger partial charge is 0.494 e. The Bertz CT molecular complexity index is 1340. The lowest BCUT2D eigenvalue weighted by atomic mass is 10.2. The molecular formula is C28H31N5O3S. The molecule has 1 aliphatic heterocycles. The molecule has 1 aliphatic rings. The number of nitrogens with one attached hydrogen (secondary N) is 2. The molecule has 2 N–H and O–H groups in total. The number of carbonyl (C=O) groups excluding carboxylic acids is 1. The summed E-state index contributed by atoms with van der Waals surface area (Å²) in [5, 5.41) is 8.24. The molecule has 5 rings (SSSR count). The van der Waals surface area contributed by atoms with Crippen molar-refractivity contribution in [2.24, 2.45) is 0 Å². The summed E-state index contributed by atoms with van der Waals surface area (Å²) in [6.07, 6.45) is 0.967. The molecule has 8 nitrogen and oxygen atoms in total. The van der Waals surface area contributed by atoms with Gasteiger partial charge >= 0.3 is 0 Å². The number of aromatic nitrogens is 2. The highest BCUT2D eigenvalue weighted by atomic mass is 32.1. The zero-order valence-corrected chi connectivity index (χ0v) is 21.7. The number of nitrogens with zero attached hydrogens (tertiary/aromatic N) is 3. The lowest BCUT2D eigenvalue weighted by Gasteiger charge is -2.26. The molecule has 1 saturated heterocycles. The summed E-state index contributed by atoms with van der Waals surface area (Å²) in [6, 6.07) is 17.3. The quantitative estimate of drug-likeness (QED) is 0.288. The van der Waals surface area contributed by atoms with E-state index in [-0.39, 0.29) is 5.91 Å². The van der Waals surface area contributed by atoms with E-state index in [1.54, 1.807) is 23.5 Å². The molecule has 4 aromatic rings. The number of ether oxygens (including phenoxy) is 2. The Morgan fingerprint density at radius 1 is 1.11 bits per heavy atom. The summed E-state index contributed by atoms with van der Waals surface area (Å²) in [5.74, 6) is 2.09. The first-order valence-electron chi connectivity index (χ1n) is 12.6. The van der Waals surface area contributed by atoms with Crippen LogP contribution in [0.3, 0.4) is 0 Å². The van der Waals surface area contributed by atoms with E-state index in [4.69, 9.17) is 19.4 Å². The van der Waals surface area contributed by atoms with E-state index in [9.17, 15) is 4.79 Å². The average molecular weight is 518 g/mol. The van der Waals surface area contributed by atoms with Gasteiger partial charge < -0.3 is 20.1 Å². The zero-order chi connectivity index (χ0) is 25.5. The third-order valence-electron chi connectivity index (χ3n) is 6.13.